The van der Waals surface area contributed by atoms with Gasteiger partial charge in [-0.05, 0) is 12.1 Å². The van der Waals surface area contributed by atoms with Gasteiger partial charge in [-0.15, -0.1) is 11.8 Å². The molecule has 2 aliphatic heterocycles. The van der Waals surface area contributed by atoms with E-state index in [4.69, 9.17) is 32.7 Å². The molecule has 1 unspecified atom stereocenters. The van der Waals surface area contributed by atoms with E-state index in [0.717, 1.165) is 4.90 Å². The number of halogens is 2. The van der Waals surface area contributed by atoms with E-state index in [-0.39, 0.29) is 18.1 Å². The average molecular weight is 433 g/mol. The number of hydrogen-bond donors (Lipinski definition) is 2. The van der Waals surface area contributed by atoms with Crippen LogP contribution in [0.3, 0.4) is 0 Å². The Labute approximate surface area is 168 Å². The van der Waals surface area contributed by atoms with E-state index in [0.29, 0.717) is 21.5 Å². The Morgan fingerprint density at radius 1 is 1.37 bits per heavy atom. The summed E-state index contributed by atoms with van der Waals surface area (Å²) in [5.74, 6) is -1.42. The van der Waals surface area contributed by atoms with Crippen molar-refractivity contribution in [1.29, 1.82) is 0 Å². The van der Waals surface area contributed by atoms with Crippen molar-refractivity contribution in [1.82, 2.24) is 10.2 Å². The van der Waals surface area contributed by atoms with Crippen LogP contribution >= 0.6 is 35.0 Å². The first kappa shape index (κ1) is 19.7. The summed E-state index contributed by atoms with van der Waals surface area (Å²) in [4.78, 5) is 37.0. The van der Waals surface area contributed by atoms with Crippen LogP contribution in [0.25, 0.3) is 0 Å². The number of β-lactam (4-membered cyclic amide) rings is 1. The van der Waals surface area contributed by atoms with Crippen LogP contribution < -0.4 is 10.1 Å². The number of carbonyl (C=O) groups excluding carboxylic acids is 2. The quantitative estimate of drug-likeness (QED) is 0.659. The highest BCUT2D eigenvalue weighted by Crippen LogP contribution is 2.40. The number of ether oxygens (including phenoxy) is 2. The second-order valence-electron chi connectivity index (χ2n) is 5.60. The first-order valence-electron chi connectivity index (χ1n) is 7.65. The van der Waals surface area contributed by atoms with Crippen molar-refractivity contribution < 1.29 is 29.0 Å². The Balaban J connectivity index is 1.60. The highest BCUT2D eigenvalue weighted by Gasteiger charge is 2.54. The number of methoxy groups -OCH3 is 1. The number of carbonyl (C=O) groups is 3. The van der Waals surface area contributed by atoms with Crippen LogP contribution in [0.4, 0.5) is 0 Å². The minimum absolute atomic E-state index is 0.191. The standard InChI is InChI=1S/C16H14Cl2N2O6S/c1-25-10-6-27-15-12(14(22)20(15)13(10)16(23)24)19-11(21)5-26-7-2-3-8(17)9(18)4-7/h2-4,12,15H,5-6H2,1H3,(H,19,21)(H,23,24)/t12?,15-/m1/s1. The fourth-order valence-corrected chi connectivity index (χ4v) is 4.28. The van der Waals surface area contributed by atoms with Gasteiger partial charge >= 0.3 is 5.97 Å². The number of benzene rings is 1. The zero-order valence-corrected chi connectivity index (χ0v) is 16.2. The van der Waals surface area contributed by atoms with Gasteiger partial charge < -0.3 is 19.9 Å². The molecule has 2 N–H and O–H groups in total. The molecule has 0 saturated carbocycles. The average Bonchev–Trinajstić information content (AvgIpc) is 2.65. The van der Waals surface area contributed by atoms with Gasteiger partial charge in [0, 0.05) is 6.07 Å². The normalized spacial score (nSPS) is 21.3. The van der Waals surface area contributed by atoms with Crippen molar-refractivity contribution >= 4 is 52.7 Å². The molecule has 2 atom stereocenters. The van der Waals surface area contributed by atoms with Gasteiger partial charge in [0.15, 0.2) is 12.3 Å². The third-order valence-electron chi connectivity index (χ3n) is 3.96. The lowest BCUT2D eigenvalue weighted by molar-refractivity contribution is -0.151. The molecule has 1 aromatic carbocycles. The Bertz CT molecular complexity index is 846. The second-order valence-corrected chi connectivity index (χ2v) is 7.52. The zero-order chi connectivity index (χ0) is 19.7. The second kappa shape index (κ2) is 7.87. The summed E-state index contributed by atoms with van der Waals surface area (Å²) in [6.45, 7) is -0.329. The molecule has 3 rings (SSSR count). The van der Waals surface area contributed by atoms with Gasteiger partial charge in [-0.1, -0.05) is 23.2 Å². The maximum Gasteiger partial charge on any atom is 0.356 e. The van der Waals surface area contributed by atoms with Crippen molar-refractivity contribution in [3.8, 4) is 5.75 Å². The number of rotatable bonds is 6. The van der Waals surface area contributed by atoms with E-state index in [1.165, 1.54) is 31.0 Å². The molecule has 1 saturated heterocycles. The van der Waals surface area contributed by atoms with Crippen molar-refractivity contribution in [2.75, 3.05) is 19.5 Å². The smallest absolute Gasteiger partial charge is 0.356 e. The maximum atomic E-state index is 12.3. The summed E-state index contributed by atoms with van der Waals surface area (Å²) < 4.78 is 10.4. The first-order valence-corrected chi connectivity index (χ1v) is 9.46. The van der Waals surface area contributed by atoms with Gasteiger partial charge in [-0.2, -0.15) is 0 Å². The summed E-state index contributed by atoms with van der Waals surface area (Å²) >= 11 is 13.0. The Kier molecular flexibility index (Phi) is 5.73. The number of nitrogens with one attached hydrogen (secondary N) is 1. The summed E-state index contributed by atoms with van der Waals surface area (Å²) in [5.41, 5.74) is -0.191. The zero-order valence-electron chi connectivity index (χ0n) is 13.9. The molecule has 1 fully saturated rings. The van der Waals surface area contributed by atoms with Crippen molar-refractivity contribution in [3.05, 3.63) is 39.7 Å². The number of fused-ring (bicyclic) bond motifs is 1. The molecule has 0 aromatic heterocycles. The molecule has 144 valence electrons. The van der Waals surface area contributed by atoms with Crippen molar-refractivity contribution in [2.45, 2.75) is 11.4 Å². The van der Waals surface area contributed by atoms with Crippen LogP contribution in [0.5, 0.6) is 5.75 Å². The summed E-state index contributed by atoms with van der Waals surface area (Å²) in [6.07, 6.45) is 0. The maximum absolute atomic E-state index is 12.3. The molecule has 1 aromatic rings. The van der Waals surface area contributed by atoms with Crippen molar-refractivity contribution in [3.63, 3.8) is 0 Å². The highest BCUT2D eigenvalue weighted by molar-refractivity contribution is 8.00. The molecule has 11 heteroatoms. The number of hydrogen-bond acceptors (Lipinski definition) is 6. The minimum atomic E-state index is -1.25. The van der Waals surface area contributed by atoms with Crippen LogP contribution in [-0.2, 0) is 19.1 Å². The van der Waals surface area contributed by atoms with Crippen LogP contribution in [0.1, 0.15) is 0 Å². The third kappa shape index (κ3) is 3.80. The van der Waals surface area contributed by atoms with Gasteiger partial charge in [-0.25, -0.2) is 4.79 Å². The Morgan fingerprint density at radius 2 is 2.11 bits per heavy atom. The summed E-state index contributed by atoms with van der Waals surface area (Å²) in [6, 6.07) is 3.74. The van der Waals surface area contributed by atoms with E-state index in [1.807, 2.05) is 0 Å². The fraction of sp³-hybridized carbons (Fsp3) is 0.312. The molecule has 0 spiro atoms. The van der Waals surface area contributed by atoms with Gasteiger partial charge in [0.2, 0.25) is 0 Å². The van der Waals surface area contributed by atoms with E-state index >= 15 is 0 Å². The van der Waals surface area contributed by atoms with E-state index in [9.17, 15) is 19.5 Å². The van der Waals surface area contributed by atoms with E-state index in [2.05, 4.69) is 5.32 Å². The van der Waals surface area contributed by atoms with Gasteiger partial charge in [0.25, 0.3) is 11.8 Å². The lowest BCUT2D eigenvalue weighted by Crippen LogP contribution is -2.70. The lowest BCUT2D eigenvalue weighted by atomic mass is 10.0. The highest BCUT2D eigenvalue weighted by atomic mass is 35.5. The predicted octanol–water partition coefficient (Wildman–Crippen LogP) is 1.71. The Morgan fingerprint density at radius 3 is 2.74 bits per heavy atom. The molecule has 0 radical (unpaired) electrons. The predicted molar refractivity (Wildman–Crippen MR) is 98.7 cm³/mol. The fourth-order valence-electron chi connectivity index (χ4n) is 2.68. The number of amides is 2. The topological polar surface area (TPSA) is 105 Å². The number of carboxylic acid groups (broad SMARTS) is 1. The number of thioether (sulfide) groups is 1. The Hall–Kier alpha value is -2.10. The minimum Gasteiger partial charge on any atom is -0.498 e. The molecular formula is C16H14Cl2N2O6S. The van der Waals surface area contributed by atoms with E-state index < -0.39 is 29.2 Å². The van der Waals surface area contributed by atoms with Gasteiger partial charge in [-0.3, -0.25) is 14.5 Å². The monoisotopic (exact) mass is 432 g/mol. The molecule has 2 aliphatic rings. The molecule has 27 heavy (non-hydrogen) atoms. The molecule has 2 heterocycles. The molecule has 2 amide bonds. The first-order chi connectivity index (χ1) is 12.8. The van der Waals surface area contributed by atoms with Crippen molar-refractivity contribution in [2.24, 2.45) is 0 Å². The third-order valence-corrected chi connectivity index (χ3v) is 5.95. The number of aliphatic carboxylic acids is 1. The molecule has 0 bridgehead atoms. The molecule has 8 nitrogen and oxygen atoms in total. The van der Waals surface area contributed by atoms with Crippen LogP contribution in [0.15, 0.2) is 29.7 Å². The lowest BCUT2D eigenvalue weighted by Gasteiger charge is -2.48. The number of carboxylic acids is 1. The van der Waals surface area contributed by atoms with Crippen LogP contribution in [-0.4, -0.2) is 58.7 Å². The van der Waals surface area contributed by atoms with Gasteiger partial charge in [0.05, 0.1) is 22.9 Å². The van der Waals surface area contributed by atoms with Crippen LogP contribution in [0, 0.1) is 0 Å². The summed E-state index contributed by atoms with van der Waals surface area (Å²) in [7, 11) is 1.35. The SMILES string of the molecule is COC1=C(C(=O)O)N2C(=O)C(NC(=O)COc3ccc(Cl)c(Cl)c3)[C@H]2SC1. The van der Waals surface area contributed by atoms with Gasteiger partial charge in [0.1, 0.15) is 22.9 Å². The molecular weight excluding hydrogens is 419 g/mol. The summed E-state index contributed by atoms with van der Waals surface area (Å²) in [5, 5.41) is 12.0. The number of nitrogens with zero attached hydrogens (tertiary/aromatic N) is 1. The molecule has 0 aliphatic carbocycles. The van der Waals surface area contributed by atoms with Crippen LogP contribution in [0.2, 0.25) is 10.0 Å². The largest absolute Gasteiger partial charge is 0.498 e. The van der Waals surface area contributed by atoms with E-state index in [1.54, 1.807) is 6.07 Å².